The van der Waals surface area contributed by atoms with Gasteiger partial charge in [0.05, 0.1) is 12.2 Å². The van der Waals surface area contributed by atoms with Crippen molar-refractivity contribution in [3.8, 4) is 5.75 Å². The van der Waals surface area contributed by atoms with Gasteiger partial charge in [0.1, 0.15) is 17.5 Å². The van der Waals surface area contributed by atoms with Gasteiger partial charge in [0.25, 0.3) is 0 Å². The first-order valence-electron chi connectivity index (χ1n) is 6.62. The fourth-order valence-corrected chi connectivity index (χ4v) is 1.85. The maximum Gasteiger partial charge on any atom is 0.412 e. The van der Waals surface area contributed by atoms with Crippen LogP contribution in [0.15, 0.2) is 18.2 Å². The maximum absolute atomic E-state index is 11.7. The van der Waals surface area contributed by atoms with E-state index in [2.05, 4.69) is 10.6 Å². The minimum absolute atomic E-state index is 0.0211. The van der Waals surface area contributed by atoms with Gasteiger partial charge in [0.15, 0.2) is 0 Å². The highest BCUT2D eigenvalue weighted by Crippen LogP contribution is 2.31. The Morgan fingerprint density at radius 3 is 2.95 bits per heavy atom. The topological polar surface area (TPSA) is 85.6 Å². The first kappa shape index (κ1) is 14.5. The molecule has 1 aliphatic heterocycles. The lowest BCUT2D eigenvalue weighted by molar-refractivity contribution is 0.0636. The molecule has 0 spiro atoms. The van der Waals surface area contributed by atoms with E-state index in [0.29, 0.717) is 18.8 Å². The molecule has 2 rings (SSSR count). The number of anilines is 2. The predicted molar refractivity (Wildman–Crippen MR) is 78.3 cm³/mol. The number of nitrogens with one attached hydrogen (secondary N) is 2. The second-order valence-electron chi connectivity index (χ2n) is 5.69. The van der Waals surface area contributed by atoms with E-state index in [1.807, 2.05) is 26.8 Å². The molecule has 1 unspecified atom stereocenters. The molecule has 6 heteroatoms. The Labute approximate surface area is 118 Å². The van der Waals surface area contributed by atoms with Gasteiger partial charge in [0.2, 0.25) is 0 Å². The lowest BCUT2D eigenvalue weighted by atomic mass is 10.2. The van der Waals surface area contributed by atoms with Crippen LogP contribution in [0.4, 0.5) is 16.2 Å². The highest BCUT2D eigenvalue weighted by atomic mass is 16.6. The van der Waals surface area contributed by atoms with Gasteiger partial charge in [-0.05, 0) is 39.0 Å². The minimum Gasteiger partial charge on any atom is -0.485 e. The van der Waals surface area contributed by atoms with Crippen LogP contribution in [0.5, 0.6) is 5.75 Å². The molecule has 0 saturated heterocycles. The summed E-state index contributed by atoms with van der Waals surface area (Å²) in [6, 6.07) is 5.38. The number of hydrogen-bond acceptors (Lipinski definition) is 5. The van der Waals surface area contributed by atoms with Crippen molar-refractivity contribution < 1.29 is 14.3 Å². The number of carbonyl (C=O) groups is 1. The first-order valence-corrected chi connectivity index (χ1v) is 6.62. The third-order valence-electron chi connectivity index (χ3n) is 2.70. The smallest absolute Gasteiger partial charge is 0.412 e. The molecule has 0 saturated carbocycles. The summed E-state index contributed by atoms with van der Waals surface area (Å²) in [6.07, 6.45) is -0.499. The van der Waals surface area contributed by atoms with Gasteiger partial charge in [-0.3, -0.25) is 5.32 Å². The van der Waals surface area contributed by atoms with E-state index in [9.17, 15) is 4.79 Å². The van der Waals surface area contributed by atoms with Crippen molar-refractivity contribution in [2.45, 2.75) is 32.5 Å². The van der Waals surface area contributed by atoms with E-state index in [-0.39, 0.29) is 6.10 Å². The van der Waals surface area contributed by atoms with Crippen LogP contribution in [0.2, 0.25) is 0 Å². The normalized spacial score (nSPS) is 17.5. The van der Waals surface area contributed by atoms with Crippen LogP contribution in [0.3, 0.4) is 0 Å². The highest BCUT2D eigenvalue weighted by Gasteiger charge is 2.19. The molecule has 1 amide bonds. The predicted octanol–water partition coefficient (Wildman–Crippen LogP) is 2.17. The highest BCUT2D eigenvalue weighted by molar-refractivity contribution is 5.86. The summed E-state index contributed by atoms with van der Waals surface area (Å²) in [4.78, 5) is 11.7. The molecule has 0 fully saturated rings. The molecule has 20 heavy (non-hydrogen) atoms. The molecule has 1 aromatic rings. The molecular weight excluding hydrogens is 258 g/mol. The van der Waals surface area contributed by atoms with Crippen LogP contribution in [0.1, 0.15) is 20.8 Å². The number of fused-ring (bicyclic) bond motifs is 1. The first-order chi connectivity index (χ1) is 9.37. The number of amides is 1. The second kappa shape index (κ2) is 5.58. The SMILES string of the molecule is CC(C)(C)OC(=O)Nc1ccc2c(c1)NCC(CN)O2. The molecule has 0 radical (unpaired) electrons. The average Bonchev–Trinajstić information content (AvgIpc) is 2.35. The molecule has 0 aliphatic carbocycles. The largest absolute Gasteiger partial charge is 0.485 e. The number of benzene rings is 1. The van der Waals surface area contributed by atoms with E-state index in [1.54, 1.807) is 12.1 Å². The Kier molecular flexibility index (Phi) is 4.04. The number of nitrogens with two attached hydrogens (primary N) is 1. The van der Waals surface area contributed by atoms with Crippen molar-refractivity contribution in [1.29, 1.82) is 0 Å². The zero-order valence-electron chi connectivity index (χ0n) is 12.0. The summed E-state index contributed by atoms with van der Waals surface area (Å²) >= 11 is 0. The van der Waals surface area contributed by atoms with Gasteiger partial charge in [0, 0.05) is 12.2 Å². The van der Waals surface area contributed by atoms with Crippen molar-refractivity contribution >= 4 is 17.5 Å². The summed E-state index contributed by atoms with van der Waals surface area (Å²) < 4.78 is 10.9. The van der Waals surface area contributed by atoms with Gasteiger partial charge in [-0.25, -0.2) is 4.79 Å². The molecule has 0 aromatic heterocycles. The Morgan fingerprint density at radius 2 is 2.30 bits per heavy atom. The van der Waals surface area contributed by atoms with Gasteiger partial charge in [-0.15, -0.1) is 0 Å². The monoisotopic (exact) mass is 279 g/mol. The Balaban J connectivity index is 2.03. The van der Waals surface area contributed by atoms with Crippen LogP contribution < -0.4 is 21.1 Å². The van der Waals surface area contributed by atoms with Crippen molar-refractivity contribution in [2.24, 2.45) is 5.73 Å². The standard InChI is InChI=1S/C14H21N3O3/c1-14(2,3)20-13(18)17-9-4-5-12-11(6-9)16-8-10(7-15)19-12/h4-6,10,16H,7-8,15H2,1-3H3,(H,17,18). The molecule has 1 aromatic carbocycles. The summed E-state index contributed by atoms with van der Waals surface area (Å²) in [7, 11) is 0. The molecule has 110 valence electrons. The molecular formula is C14H21N3O3. The van der Waals surface area contributed by atoms with Crippen molar-refractivity contribution in [1.82, 2.24) is 0 Å². The molecule has 0 bridgehead atoms. The third kappa shape index (κ3) is 3.77. The van der Waals surface area contributed by atoms with E-state index in [4.69, 9.17) is 15.2 Å². The Hall–Kier alpha value is -1.95. The van der Waals surface area contributed by atoms with E-state index in [0.717, 1.165) is 11.4 Å². The van der Waals surface area contributed by atoms with E-state index in [1.165, 1.54) is 0 Å². The van der Waals surface area contributed by atoms with Crippen LogP contribution in [-0.2, 0) is 4.74 Å². The van der Waals surface area contributed by atoms with E-state index < -0.39 is 11.7 Å². The van der Waals surface area contributed by atoms with Gasteiger partial charge in [-0.2, -0.15) is 0 Å². The summed E-state index contributed by atoms with van der Waals surface area (Å²) in [5, 5.41) is 5.92. The van der Waals surface area contributed by atoms with E-state index >= 15 is 0 Å². The van der Waals surface area contributed by atoms with Crippen molar-refractivity contribution in [3.63, 3.8) is 0 Å². The van der Waals surface area contributed by atoms with Crippen LogP contribution >= 0.6 is 0 Å². The molecule has 6 nitrogen and oxygen atoms in total. The lowest BCUT2D eigenvalue weighted by Gasteiger charge is -2.27. The minimum atomic E-state index is -0.520. The number of rotatable bonds is 2. The fourth-order valence-electron chi connectivity index (χ4n) is 1.85. The second-order valence-corrected chi connectivity index (χ2v) is 5.69. The maximum atomic E-state index is 11.7. The van der Waals surface area contributed by atoms with Gasteiger partial charge < -0.3 is 20.5 Å². The molecule has 1 aliphatic rings. The number of carbonyl (C=O) groups excluding carboxylic acids is 1. The molecule has 1 atom stereocenters. The lowest BCUT2D eigenvalue weighted by Crippen LogP contribution is -2.37. The third-order valence-corrected chi connectivity index (χ3v) is 2.70. The van der Waals surface area contributed by atoms with Crippen LogP contribution in [-0.4, -0.2) is 30.9 Å². The zero-order chi connectivity index (χ0) is 14.8. The average molecular weight is 279 g/mol. The quantitative estimate of drug-likeness (QED) is 0.772. The van der Waals surface area contributed by atoms with Crippen LogP contribution in [0, 0.1) is 0 Å². The molecule has 1 heterocycles. The van der Waals surface area contributed by atoms with Gasteiger partial charge in [-0.1, -0.05) is 0 Å². The van der Waals surface area contributed by atoms with Crippen molar-refractivity contribution in [3.05, 3.63) is 18.2 Å². The summed E-state index contributed by atoms with van der Waals surface area (Å²) in [5.74, 6) is 0.737. The van der Waals surface area contributed by atoms with Crippen LogP contribution in [0.25, 0.3) is 0 Å². The van der Waals surface area contributed by atoms with Gasteiger partial charge >= 0.3 is 6.09 Å². The van der Waals surface area contributed by atoms with Crippen molar-refractivity contribution in [2.75, 3.05) is 23.7 Å². The zero-order valence-corrected chi connectivity index (χ0v) is 12.0. The number of ether oxygens (including phenoxy) is 2. The fraction of sp³-hybridized carbons (Fsp3) is 0.500. The Bertz CT molecular complexity index is 497. The Morgan fingerprint density at radius 1 is 1.55 bits per heavy atom. The summed E-state index contributed by atoms with van der Waals surface area (Å²) in [6.45, 7) is 6.58. The number of hydrogen-bond donors (Lipinski definition) is 3. The summed E-state index contributed by atoms with van der Waals surface area (Å²) in [5.41, 5.74) is 6.55. The molecule has 4 N–H and O–H groups in total.